The first-order valence-corrected chi connectivity index (χ1v) is 6.56. The van der Waals surface area contributed by atoms with Crippen LogP contribution in [0.5, 0.6) is 0 Å². The number of non-ortho nitro benzene ring substituents is 1. The predicted molar refractivity (Wildman–Crippen MR) is 73.2 cm³/mol. The Morgan fingerprint density at radius 3 is 2.74 bits per heavy atom. The summed E-state index contributed by atoms with van der Waals surface area (Å²) in [5.74, 6) is 0.637. The van der Waals surface area contributed by atoms with Crippen LogP contribution in [-0.2, 0) is 11.2 Å². The smallest absolute Gasteiger partial charge is 0.269 e. The van der Waals surface area contributed by atoms with Gasteiger partial charge in [-0.15, -0.1) is 0 Å². The summed E-state index contributed by atoms with van der Waals surface area (Å²) in [4.78, 5) is 24.1. The molecule has 0 spiro atoms. The molecule has 1 amide bonds. The lowest BCUT2D eigenvalue weighted by Gasteiger charge is -2.29. The van der Waals surface area contributed by atoms with Crippen LogP contribution >= 0.6 is 0 Å². The highest BCUT2D eigenvalue weighted by molar-refractivity contribution is 5.96. The highest BCUT2D eigenvalue weighted by Crippen LogP contribution is 2.31. The van der Waals surface area contributed by atoms with Gasteiger partial charge in [-0.05, 0) is 30.4 Å². The second-order valence-electron chi connectivity index (χ2n) is 5.30. The first-order valence-electron chi connectivity index (χ1n) is 6.56. The van der Waals surface area contributed by atoms with Crippen LogP contribution in [0.1, 0.15) is 32.3 Å². The van der Waals surface area contributed by atoms with Gasteiger partial charge in [-0.2, -0.15) is 0 Å². The van der Waals surface area contributed by atoms with E-state index in [0.29, 0.717) is 25.3 Å². The average molecular weight is 262 g/mol. The van der Waals surface area contributed by atoms with E-state index in [-0.39, 0.29) is 11.6 Å². The molecule has 0 unspecified atom stereocenters. The number of carbonyl (C=O) groups excluding carboxylic acids is 1. The van der Waals surface area contributed by atoms with Crippen LogP contribution in [0.2, 0.25) is 0 Å². The lowest BCUT2D eigenvalue weighted by atomic mass is 9.99. The Morgan fingerprint density at radius 1 is 1.37 bits per heavy atom. The molecule has 0 saturated heterocycles. The monoisotopic (exact) mass is 262 g/mol. The Labute approximate surface area is 112 Å². The summed E-state index contributed by atoms with van der Waals surface area (Å²) in [5.41, 5.74) is 1.83. The Balaban J connectivity index is 2.28. The fourth-order valence-corrected chi connectivity index (χ4v) is 2.29. The highest BCUT2D eigenvalue weighted by atomic mass is 16.6. The van der Waals surface area contributed by atoms with Gasteiger partial charge in [0.15, 0.2) is 0 Å². The first-order chi connectivity index (χ1) is 8.99. The fourth-order valence-electron chi connectivity index (χ4n) is 2.29. The van der Waals surface area contributed by atoms with Crippen LogP contribution < -0.4 is 4.90 Å². The molecule has 0 bridgehead atoms. The Hall–Kier alpha value is -1.91. The summed E-state index contributed by atoms with van der Waals surface area (Å²) in [6.45, 7) is 4.91. The van der Waals surface area contributed by atoms with E-state index < -0.39 is 4.92 Å². The molecular formula is C14H18N2O3. The number of fused-ring (bicyclic) bond motifs is 1. The molecule has 102 valence electrons. The van der Waals surface area contributed by atoms with Gasteiger partial charge in [0.1, 0.15) is 0 Å². The standard InChI is InChI=1S/C14H18N2O3/c1-10(2)7-8-15-13-5-4-12(16(18)19)9-11(13)3-6-14(15)17/h4-5,9-10H,3,6-8H2,1-2H3. The summed E-state index contributed by atoms with van der Waals surface area (Å²) in [5, 5.41) is 10.8. The third kappa shape index (κ3) is 2.92. The number of nitro groups is 1. The minimum Gasteiger partial charge on any atom is -0.312 e. The van der Waals surface area contributed by atoms with Crippen LogP contribution in [0, 0.1) is 16.0 Å². The number of rotatable bonds is 4. The lowest BCUT2D eigenvalue weighted by Crippen LogP contribution is -2.36. The second-order valence-corrected chi connectivity index (χ2v) is 5.30. The van der Waals surface area contributed by atoms with E-state index >= 15 is 0 Å². The minimum atomic E-state index is -0.394. The number of aryl methyl sites for hydroxylation is 1. The number of hydrogen-bond donors (Lipinski definition) is 0. The molecule has 5 nitrogen and oxygen atoms in total. The van der Waals surface area contributed by atoms with Crippen LogP contribution in [0.15, 0.2) is 18.2 Å². The number of amides is 1. The van der Waals surface area contributed by atoms with Crippen molar-refractivity contribution >= 4 is 17.3 Å². The fraction of sp³-hybridized carbons (Fsp3) is 0.500. The predicted octanol–water partition coefficient (Wildman–Crippen LogP) is 2.92. The zero-order chi connectivity index (χ0) is 14.0. The van der Waals surface area contributed by atoms with Crippen molar-refractivity contribution in [2.24, 2.45) is 5.92 Å². The molecule has 19 heavy (non-hydrogen) atoms. The van der Waals surface area contributed by atoms with Crippen molar-refractivity contribution in [1.82, 2.24) is 0 Å². The van der Waals surface area contributed by atoms with Gasteiger partial charge in [-0.25, -0.2) is 0 Å². The Kier molecular flexibility index (Phi) is 3.83. The van der Waals surface area contributed by atoms with Crippen LogP contribution in [0.3, 0.4) is 0 Å². The van der Waals surface area contributed by atoms with Crippen LogP contribution in [0.4, 0.5) is 11.4 Å². The molecule has 0 atom stereocenters. The van der Waals surface area contributed by atoms with Crippen molar-refractivity contribution in [2.45, 2.75) is 33.1 Å². The van der Waals surface area contributed by atoms with E-state index in [0.717, 1.165) is 17.7 Å². The van der Waals surface area contributed by atoms with E-state index in [1.165, 1.54) is 6.07 Å². The third-order valence-electron chi connectivity index (χ3n) is 3.40. The van der Waals surface area contributed by atoms with Crippen molar-refractivity contribution in [2.75, 3.05) is 11.4 Å². The van der Waals surface area contributed by atoms with Gasteiger partial charge >= 0.3 is 0 Å². The van der Waals surface area contributed by atoms with E-state index in [1.807, 2.05) is 0 Å². The molecule has 0 aliphatic carbocycles. The topological polar surface area (TPSA) is 63.5 Å². The van der Waals surface area contributed by atoms with Crippen LogP contribution in [-0.4, -0.2) is 17.4 Å². The number of anilines is 1. The highest BCUT2D eigenvalue weighted by Gasteiger charge is 2.25. The normalized spacial score (nSPS) is 14.7. The summed E-state index contributed by atoms with van der Waals surface area (Å²) in [6.07, 6.45) is 1.96. The molecule has 0 aromatic heterocycles. The van der Waals surface area contributed by atoms with Crippen molar-refractivity contribution in [3.63, 3.8) is 0 Å². The molecule has 0 saturated carbocycles. The van der Waals surface area contributed by atoms with Crippen molar-refractivity contribution in [3.8, 4) is 0 Å². The zero-order valence-electron chi connectivity index (χ0n) is 11.3. The second kappa shape index (κ2) is 5.38. The summed E-state index contributed by atoms with van der Waals surface area (Å²) in [7, 11) is 0. The van der Waals surface area contributed by atoms with Gasteiger partial charge in [-0.1, -0.05) is 13.8 Å². The maximum absolute atomic E-state index is 12.0. The molecule has 0 N–H and O–H groups in total. The number of hydrogen-bond acceptors (Lipinski definition) is 3. The summed E-state index contributed by atoms with van der Waals surface area (Å²) >= 11 is 0. The third-order valence-corrected chi connectivity index (χ3v) is 3.40. The molecule has 1 aliphatic heterocycles. The molecule has 1 aliphatic rings. The zero-order valence-corrected chi connectivity index (χ0v) is 11.3. The quantitative estimate of drug-likeness (QED) is 0.619. The Morgan fingerprint density at radius 2 is 2.11 bits per heavy atom. The van der Waals surface area contributed by atoms with Crippen molar-refractivity contribution < 1.29 is 9.72 Å². The maximum Gasteiger partial charge on any atom is 0.269 e. The number of carbonyl (C=O) groups is 1. The molecule has 1 aromatic carbocycles. The molecule has 2 rings (SSSR count). The van der Waals surface area contributed by atoms with Gasteiger partial charge in [0, 0.05) is 30.8 Å². The van der Waals surface area contributed by atoms with E-state index in [2.05, 4.69) is 13.8 Å². The van der Waals surface area contributed by atoms with E-state index in [9.17, 15) is 14.9 Å². The minimum absolute atomic E-state index is 0.0944. The van der Waals surface area contributed by atoms with E-state index in [1.54, 1.807) is 17.0 Å². The maximum atomic E-state index is 12.0. The van der Waals surface area contributed by atoms with Gasteiger partial charge in [0.25, 0.3) is 5.69 Å². The first kappa shape index (κ1) is 13.5. The number of nitrogens with zero attached hydrogens (tertiary/aromatic N) is 2. The Bertz CT molecular complexity index is 511. The molecule has 0 fully saturated rings. The average Bonchev–Trinajstić information content (AvgIpc) is 2.36. The van der Waals surface area contributed by atoms with Crippen molar-refractivity contribution in [1.29, 1.82) is 0 Å². The number of benzene rings is 1. The van der Waals surface area contributed by atoms with Crippen LogP contribution in [0.25, 0.3) is 0 Å². The lowest BCUT2D eigenvalue weighted by molar-refractivity contribution is -0.384. The molecule has 1 aromatic rings. The largest absolute Gasteiger partial charge is 0.312 e. The van der Waals surface area contributed by atoms with Gasteiger partial charge < -0.3 is 4.90 Å². The van der Waals surface area contributed by atoms with Gasteiger partial charge in [-0.3, -0.25) is 14.9 Å². The SMILES string of the molecule is CC(C)CCN1C(=O)CCc2cc([N+](=O)[O-])ccc21. The van der Waals surface area contributed by atoms with E-state index in [4.69, 9.17) is 0 Å². The van der Waals surface area contributed by atoms with Gasteiger partial charge in [0.2, 0.25) is 5.91 Å². The van der Waals surface area contributed by atoms with Crippen molar-refractivity contribution in [3.05, 3.63) is 33.9 Å². The molecule has 0 radical (unpaired) electrons. The summed E-state index contributed by atoms with van der Waals surface area (Å²) in [6, 6.07) is 4.76. The molecular weight excluding hydrogens is 244 g/mol. The van der Waals surface area contributed by atoms with Gasteiger partial charge in [0.05, 0.1) is 4.92 Å². The number of nitro benzene ring substituents is 1. The summed E-state index contributed by atoms with van der Waals surface area (Å²) < 4.78 is 0. The molecule has 5 heteroatoms. The molecule has 1 heterocycles.